The first-order valence-corrected chi connectivity index (χ1v) is 7.55. The quantitative estimate of drug-likeness (QED) is 0.673. The van der Waals surface area contributed by atoms with Gasteiger partial charge >= 0.3 is 0 Å². The molecule has 0 bridgehead atoms. The van der Waals surface area contributed by atoms with Gasteiger partial charge in [0.05, 0.1) is 0 Å². The maximum atomic E-state index is 4.28. The van der Waals surface area contributed by atoms with Gasteiger partial charge in [-0.2, -0.15) is 0 Å². The zero-order valence-corrected chi connectivity index (χ0v) is 12.8. The molecule has 0 aromatic carbocycles. The van der Waals surface area contributed by atoms with Crippen molar-refractivity contribution in [3.63, 3.8) is 0 Å². The van der Waals surface area contributed by atoms with E-state index >= 15 is 0 Å². The van der Waals surface area contributed by atoms with Gasteiger partial charge in [-0.05, 0) is 29.7 Å². The molecule has 0 amide bonds. The maximum absolute atomic E-state index is 4.28. The Balaban J connectivity index is 2.34. The standard InChI is InChI=1S/C14H16S3/c1-9(15)10-5-6-11(16-10)12-7-8-13(17-12)14(2,3)4/h5-8,15H,1H2,2-4H3. The minimum absolute atomic E-state index is 0.232. The molecular weight excluding hydrogens is 264 g/mol. The van der Waals surface area contributed by atoms with Crippen molar-refractivity contribution >= 4 is 40.2 Å². The molecule has 0 N–H and O–H groups in total. The van der Waals surface area contributed by atoms with Crippen LogP contribution in [0.25, 0.3) is 14.7 Å². The highest BCUT2D eigenvalue weighted by Gasteiger charge is 2.17. The van der Waals surface area contributed by atoms with Crippen LogP contribution >= 0.6 is 35.3 Å². The highest BCUT2D eigenvalue weighted by atomic mass is 32.1. The molecule has 0 aliphatic heterocycles. The first kappa shape index (κ1) is 12.9. The van der Waals surface area contributed by atoms with Gasteiger partial charge in [0, 0.05) is 24.4 Å². The first-order chi connectivity index (χ1) is 7.88. The van der Waals surface area contributed by atoms with E-state index < -0.39 is 0 Å². The highest BCUT2D eigenvalue weighted by molar-refractivity contribution is 7.90. The fourth-order valence-electron chi connectivity index (χ4n) is 1.50. The summed E-state index contributed by atoms with van der Waals surface area (Å²) in [6.07, 6.45) is 0. The molecule has 0 aliphatic carbocycles. The van der Waals surface area contributed by atoms with Crippen molar-refractivity contribution in [2.24, 2.45) is 0 Å². The number of thiophene rings is 2. The van der Waals surface area contributed by atoms with E-state index in [1.165, 1.54) is 14.6 Å². The summed E-state index contributed by atoms with van der Waals surface area (Å²) in [5, 5.41) is 0. The van der Waals surface area contributed by atoms with Crippen LogP contribution in [0.1, 0.15) is 30.5 Å². The molecule has 2 aromatic rings. The van der Waals surface area contributed by atoms with E-state index in [4.69, 9.17) is 0 Å². The lowest BCUT2D eigenvalue weighted by Crippen LogP contribution is -2.07. The molecule has 0 nitrogen and oxygen atoms in total. The summed E-state index contributed by atoms with van der Waals surface area (Å²) in [4.78, 5) is 6.05. The Morgan fingerprint density at radius 1 is 1.06 bits per heavy atom. The van der Waals surface area contributed by atoms with Crippen molar-refractivity contribution in [2.45, 2.75) is 26.2 Å². The average molecular weight is 280 g/mol. The van der Waals surface area contributed by atoms with E-state index in [0.717, 1.165) is 9.78 Å². The summed E-state index contributed by atoms with van der Waals surface area (Å²) >= 11 is 7.91. The summed E-state index contributed by atoms with van der Waals surface area (Å²) in [5.41, 5.74) is 0.232. The molecule has 2 heterocycles. The summed E-state index contributed by atoms with van der Waals surface area (Å²) < 4.78 is 0. The maximum Gasteiger partial charge on any atom is 0.0449 e. The lowest BCUT2D eigenvalue weighted by molar-refractivity contribution is 0.604. The molecule has 0 saturated heterocycles. The molecule has 0 saturated carbocycles. The van der Waals surface area contributed by atoms with Crippen LogP contribution in [0.2, 0.25) is 0 Å². The number of rotatable bonds is 2. The van der Waals surface area contributed by atoms with Crippen LogP contribution in [-0.4, -0.2) is 0 Å². The van der Waals surface area contributed by atoms with Crippen molar-refractivity contribution in [3.05, 3.63) is 40.6 Å². The third kappa shape index (κ3) is 2.84. The van der Waals surface area contributed by atoms with Crippen LogP contribution in [-0.2, 0) is 5.41 Å². The van der Waals surface area contributed by atoms with Crippen molar-refractivity contribution in [1.29, 1.82) is 0 Å². The van der Waals surface area contributed by atoms with Gasteiger partial charge in [0.15, 0.2) is 0 Å². The topological polar surface area (TPSA) is 0 Å². The first-order valence-electron chi connectivity index (χ1n) is 5.47. The Labute approximate surface area is 116 Å². The monoisotopic (exact) mass is 280 g/mol. The predicted molar refractivity (Wildman–Crippen MR) is 84.4 cm³/mol. The van der Waals surface area contributed by atoms with E-state index in [1.807, 2.05) is 11.3 Å². The lowest BCUT2D eigenvalue weighted by atomic mass is 9.95. The number of thiol groups is 1. The van der Waals surface area contributed by atoms with Crippen LogP contribution in [0, 0.1) is 0 Å². The smallest absolute Gasteiger partial charge is 0.0449 e. The van der Waals surface area contributed by atoms with E-state index in [2.05, 4.69) is 64.2 Å². The van der Waals surface area contributed by atoms with Crippen molar-refractivity contribution in [3.8, 4) is 9.75 Å². The molecule has 0 aliphatic rings. The molecule has 0 radical (unpaired) electrons. The molecule has 90 valence electrons. The van der Waals surface area contributed by atoms with Crippen molar-refractivity contribution < 1.29 is 0 Å². The predicted octanol–water partition coefficient (Wildman–Crippen LogP) is 5.67. The van der Waals surface area contributed by atoms with Gasteiger partial charge in [0.1, 0.15) is 0 Å². The normalized spacial score (nSPS) is 11.8. The van der Waals surface area contributed by atoms with E-state index in [-0.39, 0.29) is 5.41 Å². The SMILES string of the molecule is C=C(S)c1ccc(-c2ccc(C(C)(C)C)s2)s1. The zero-order valence-electron chi connectivity index (χ0n) is 10.3. The Hall–Kier alpha value is -0.510. The van der Waals surface area contributed by atoms with Crippen LogP contribution in [0.15, 0.2) is 30.8 Å². The van der Waals surface area contributed by atoms with Gasteiger partial charge in [0.25, 0.3) is 0 Å². The molecule has 0 atom stereocenters. The minimum atomic E-state index is 0.232. The summed E-state index contributed by atoms with van der Waals surface area (Å²) in [7, 11) is 0. The summed E-state index contributed by atoms with van der Waals surface area (Å²) in [5.74, 6) is 0. The fraction of sp³-hybridized carbons (Fsp3) is 0.286. The van der Waals surface area contributed by atoms with Crippen molar-refractivity contribution in [1.82, 2.24) is 0 Å². The van der Waals surface area contributed by atoms with E-state index in [0.29, 0.717) is 0 Å². The lowest BCUT2D eigenvalue weighted by Gasteiger charge is -2.15. The second-order valence-electron chi connectivity index (χ2n) is 5.02. The summed E-state index contributed by atoms with van der Waals surface area (Å²) in [6, 6.07) is 8.68. The van der Waals surface area contributed by atoms with Crippen molar-refractivity contribution in [2.75, 3.05) is 0 Å². The zero-order chi connectivity index (χ0) is 12.6. The molecule has 0 fully saturated rings. The van der Waals surface area contributed by atoms with Gasteiger partial charge < -0.3 is 0 Å². The molecule has 3 heteroatoms. The molecular formula is C14H16S3. The molecule has 2 rings (SSSR count). The second kappa shape index (κ2) is 4.63. The third-order valence-electron chi connectivity index (χ3n) is 2.48. The van der Waals surface area contributed by atoms with E-state index in [1.54, 1.807) is 11.3 Å². The van der Waals surface area contributed by atoms with Crippen LogP contribution in [0.3, 0.4) is 0 Å². The average Bonchev–Trinajstić information content (AvgIpc) is 2.85. The Morgan fingerprint density at radius 3 is 2.12 bits per heavy atom. The molecule has 0 unspecified atom stereocenters. The highest BCUT2D eigenvalue weighted by Crippen LogP contribution is 2.39. The minimum Gasteiger partial charge on any atom is -0.143 e. The fourth-order valence-corrected chi connectivity index (χ4v) is 3.74. The van der Waals surface area contributed by atoms with Gasteiger partial charge in [-0.25, -0.2) is 0 Å². The molecule has 2 aromatic heterocycles. The van der Waals surface area contributed by atoms with Crippen LogP contribution in [0.4, 0.5) is 0 Å². The number of hydrogen-bond acceptors (Lipinski definition) is 3. The Morgan fingerprint density at radius 2 is 1.65 bits per heavy atom. The Kier molecular flexibility index (Phi) is 3.53. The van der Waals surface area contributed by atoms with Gasteiger partial charge in [-0.3, -0.25) is 0 Å². The molecule has 0 spiro atoms. The second-order valence-corrected chi connectivity index (χ2v) is 7.73. The van der Waals surface area contributed by atoms with E-state index in [9.17, 15) is 0 Å². The number of hydrogen-bond donors (Lipinski definition) is 1. The largest absolute Gasteiger partial charge is 0.143 e. The molecule has 17 heavy (non-hydrogen) atoms. The van der Waals surface area contributed by atoms with Crippen LogP contribution < -0.4 is 0 Å². The van der Waals surface area contributed by atoms with Gasteiger partial charge in [-0.1, -0.05) is 27.4 Å². The third-order valence-corrected chi connectivity index (χ3v) is 5.72. The van der Waals surface area contributed by atoms with Gasteiger partial charge in [-0.15, -0.1) is 35.3 Å². The van der Waals surface area contributed by atoms with Crippen LogP contribution in [0.5, 0.6) is 0 Å². The summed E-state index contributed by atoms with van der Waals surface area (Å²) in [6.45, 7) is 10.6. The van der Waals surface area contributed by atoms with Gasteiger partial charge in [0.2, 0.25) is 0 Å². The Bertz CT molecular complexity index is 538.